The van der Waals surface area contributed by atoms with E-state index in [9.17, 15) is 9.59 Å². The van der Waals surface area contributed by atoms with Gasteiger partial charge in [0.05, 0.1) is 0 Å². The number of hydrogen-bond acceptors (Lipinski definition) is 3. The van der Waals surface area contributed by atoms with Crippen LogP contribution in [0.1, 0.15) is 23.0 Å². The topological polar surface area (TPSA) is 63.1 Å². The van der Waals surface area contributed by atoms with Crippen LogP contribution in [0, 0.1) is 6.92 Å². The molecule has 0 aliphatic rings. The van der Waals surface area contributed by atoms with Gasteiger partial charge in [-0.2, -0.15) is 0 Å². The summed E-state index contributed by atoms with van der Waals surface area (Å²) in [6, 6.07) is 7.22. The molecule has 0 bridgehead atoms. The van der Waals surface area contributed by atoms with Crippen LogP contribution in [0.4, 0.5) is 0 Å². The lowest BCUT2D eigenvalue weighted by Crippen LogP contribution is -2.00. The highest BCUT2D eigenvalue weighted by molar-refractivity contribution is 6.16. The fourth-order valence-corrected chi connectivity index (χ4v) is 2.40. The van der Waals surface area contributed by atoms with Gasteiger partial charge >= 0.3 is 5.63 Å². The van der Waals surface area contributed by atoms with Crippen LogP contribution in [0.5, 0.6) is 0 Å². The number of fused-ring (bicyclic) bond motifs is 3. The van der Waals surface area contributed by atoms with Crippen LogP contribution in [0.25, 0.3) is 21.9 Å². The molecule has 0 saturated heterocycles. The Morgan fingerprint density at radius 1 is 1.28 bits per heavy atom. The fraction of sp³-hybridized carbons (Fsp3) is 0.143. The third-order valence-electron chi connectivity index (χ3n) is 3.10. The van der Waals surface area contributed by atoms with Crippen LogP contribution in [0.15, 0.2) is 33.5 Å². The fourth-order valence-electron chi connectivity index (χ4n) is 2.40. The van der Waals surface area contributed by atoms with Crippen LogP contribution in [-0.2, 0) is 0 Å². The van der Waals surface area contributed by atoms with Crippen molar-refractivity contribution in [2.24, 2.45) is 0 Å². The van der Waals surface area contributed by atoms with E-state index in [-0.39, 0.29) is 5.78 Å². The van der Waals surface area contributed by atoms with E-state index >= 15 is 0 Å². The quantitative estimate of drug-likeness (QED) is 0.526. The molecule has 3 aromatic rings. The van der Waals surface area contributed by atoms with Gasteiger partial charge in [-0.25, -0.2) is 4.79 Å². The van der Waals surface area contributed by atoms with Gasteiger partial charge in [0.15, 0.2) is 5.78 Å². The molecule has 4 nitrogen and oxygen atoms in total. The first-order valence-electron chi connectivity index (χ1n) is 5.64. The zero-order chi connectivity index (χ0) is 12.9. The standard InChI is InChI=1S/C14H11NO3/c1-7-11(8(2)16)12-9-5-3-4-6-10(9)18-14(17)13(12)15-7/h3-6,15H,1-2H3. The van der Waals surface area contributed by atoms with Gasteiger partial charge in [-0.15, -0.1) is 0 Å². The average molecular weight is 241 g/mol. The molecular formula is C14H11NO3. The van der Waals surface area contributed by atoms with Gasteiger partial charge in [-0.3, -0.25) is 4.79 Å². The van der Waals surface area contributed by atoms with Crippen molar-refractivity contribution in [3.05, 3.63) is 45.9 Å². The Bertz CT molecular complexity index is 839. The SMILES string of the molecule is CC(=O)c1c(C)[nH]c2c(=O)oc3ccccc3c12. The minimum atomic E-state index is -0.445. The summed E-state index contributed by atoms with van der Waals surface area (Å²) in [6.07, 6.45) is 0. The van der Waals surface area contributed by atoms with E-state index < -0.39 is 5.63 Å². The smallest absolute Gasteiger partial charge is 0.360 e. The molecule has 18 heavy (non-hydrogen) atoms. The Morgan fingerprint density at radius 3 is 2.72 bits per heavy atom. The Kier molecular flexibility index (Phi) is 2.13. The highest BCUT2D eigenvalue weighted by Gasteiger charge is 2.18. The summed E-state index contributed by atoms with van der Waals surface area (Å²) >= 11 is 0. The molecule has 1 N–H and O–H groups in total. The van der Waals surface area contributed by atoms with Gasteiger partial charge in [0, 0.05) is 22.0 Å². The maximum atomic E-state index is 11.9. The van der Waals surface area contributed by atoms with Crippen molar-refractivity contribution in [2.75, 3.05) is 0 Å². The molecule has 0 aliphatic carbocycles. The summed E-state index contributed by atoms with van der Waals surface area (Å²) in [5.41, 5.74) is 1.67. The van der Waals surface area contributed by atoms with Gasteiger partial charge in [0.1, 0.15) is 11.1 Å². The number of H-pyrrole nitrogens is 1. The molecule has 0 amide bonds. The van der Waals surface area contributed by atoms with Crippen LogP contribution >= 0.6 is 0 Å². The third kappa shape index (κ3) is 1.32. The van der Waals surface area contributed by atoms with Crippen LogP contribution in [-0.4, -0.2) is 10.8 Å². The van der Waals surface area contributed by atoms with Crippen molar-refractivity contribution in [1.29, 1.82) is 0 Å². The number of aryl methyl sites for hydroxylation is 1. The molecule has 1 aromatic carbocycles. The molecule has 2 aromatic heterocycles. The number of Topliss-reactive ketones (excluding diaryl/α,β-unsaturated/α-hetero) is 1. The van der Waals surface area contributed by atoms with Crippen LogP contribution in [0.2, 0.25) is 0 Å². The Balaban J connectivity index is 2.69. The van der Waals surface area contributed by atoms with Gasteiger partial charge in [0.25, 0.3) is 0 Å². The number of aromatic nitrogens is 1. The zero-order valence-corrected chi connectivity index (χ0v) is 10.0. The van der Waals surface area contributed by atoms with E-state index in [0.717, 1.165) is 5.39 Å². The van der Waals surface area contributed by atoms with Gasteiger partial charge < -0.3 is 9.40 Å². The second kappa shape index (κ2) is 3.57. The van der Waals surface area contributed by atoms with E-state index in [0.29, 0.717) is 27.7 Å². The zero-order valence-electron chi connectivity index (χ0n) is 10.0. The lowest BCUT2D eigenvalue weighted by molar-refractivity contribution is 0.101. The van der Waals surface area contributed by atoms with E-state index in [2.05, 4.69) is 4.98 Å². The Hall–Kier alpha value is -2.36. The maximum absolute atomic E-state index is 11.9. The Labute approximate surface area is 102 Å². The molecule has 2 heterocycles. The first-order valence-corrected chi connectivity index (χ1v) is 5.64. The summed E-state index contributed by atoms with van der Waals surface area (Å²) in [6.45, 7) is 3.28. The Morgan fingerprint density at radius 2 is 2.00 bits per heavy atom. The molecule has 90 valence electrons. The molecule has 0 spiro atoms. The molecule has 0 radical (unpaired) electrons. The minimum Gasteiger partial charge on any atom is -0.421 e. The van der Waals surface area contributed by atoms with Crippen LogP contribution in [0.3, 0.4) is 0 Å². The van der Waals surface area contributed by atoms with E-state index in [1.807, 2.05) is 12.1 Å². The molecule has 0 atom stereocenters. The summed E-state index contributed by atoms with van der Waals surface area (Å²) in [5, 5.41) is 1.44. The number of para-hydroxylation sites is 1. The number of benzene rings is 1. The van der Waals surface area contributed by atoms with Crippen molar-refractivity contribution in [3.8, 4) is 0 Å². The van der Waals surface area contributed by atoms with Crippen molar-refractivity contribution < 1.29 is 9.21 Å². The summed E-state index contributed by atoms with van der Waals surface area (Å²) < 4.78 is 5.22. The predicted molar refractivity (Wildman–Crippen MR) is 69.1 cm³/mol. The second-order valence-electron chi connectivity index (χ2n) is 4.32. The number of nitrogens with one attached hydrogen (secondary N) is 1. The third-order valence-corrected chi connectivity index (χ3v) is 3.10. The van der Waals surface area contributed by atoms with Crippen molar-refractivity contribution >= 4 is 27.7 Å². The number of ketones is 1. The van der Waals surface area contributed by atoms with Crippen molar-refractivity contribution in [3.63, 3.8) is 0 Å². The predicted octanol–water partition coefficient (Wildman–Crippen LogP) is 2.79. The highest BCUT2D eigenvalue weighted by Crippen LogP contribution is 2.28. The molecule has 0 fully saturated rings. The lowest BCUT2D eigenvalue weighted by atomic mass is 10.0. The van der Waals surface area contributed by atoms with E-state index in [1.54, 1.807) is 19.1 Å². The number of hydrogen-bond donors (Lipinski definition) is 1. The van der Waals surface area contributed by atoms with Crippen LogP contribution < -0.4 is 5.63 Å². The number of rotatable bonds is 1. The molecule has 4 heteroatoms. The molecule has 0 saturated carbocycles. The van der Waals surface area contributed by atoms with E-state index in [4.69, 9.17) is 4.42 Å². The maximum Gasteiger partial charge on any atom is 0.360 e. The second-order valence-corrected chi connectivity index (χ2v) is 4.32. The van der Waals surface area contributed by atoms with E-state index in [1.165, 1.54) is 6.92 Å². The van der Waals surface area contributed by atoms with Gasteiger partial charge in [-0.1, -0.05) is 18.2 Å². The number of carbonyl (C=O) groups excluding carboxylic acids is 1. The molecule has 3 rings (SSSR count). The number of aromatic amines is 1. The van der Waals surface area contributed by atoms with Crippen molar-refractivity contribution in [1.82, 2.24) is 4.98 Å². The largest absolute Gasteiger partial charge is 0.421 e. The average Bonchev–Trinajstić information content (AvgIpc) is 2.67. The summed E-state index contributed by atoms with van der Waals surface area (Å²) in [5.74, 6) is -0.0606. The molecular weight excluding hydrogens is 230 g/mol. The highest BCUT2D eigenvalue weighted by atomic mass is 16.4. The first-order chi connectivity index (χ1) is 8.59. The van der Waals surface area contributed by atoms with Crippen molar-refractivity contribution in [2.45, 2.75) is 13.8 Å². The van der Waals surface area contributed by atoms with Gasteiger partial charge in [0.2, 0.25) is 0 Å². The summed E-state index contributed by atoms with van der Waals surface area (Å²) in [4.78, 5) is 26.6. The normalized spacial score (nSPS) is 11.2. The van der Waals surface area contributed by atoms with Gasteiger partial charge in [-0.05, 0) is 19.9 Å². The minimum absolute atomic E-state index is 0.0606. The molecule has 0 unspecified atom stereocenters. The summed E-state index contributed by atoms with van der Waals surface area (Å²) in [7, 11) is 0. The monoisotopic (exact) mass is 241 g/mol. The lowest BCUT2D eigenvalue weighted by Gasteiger charge is -1.99. The number of carbonyl (C=O) groups is 1. The first kappa shape index (κ1) is 10.8. The molecule has 0 aliphatic heterocycles.